The molecule has 2 aromatic carbocycles. The second-order valence-electron chi connectivity index (χ2n) is 8.48. The number of methoxy groups -OCH3 is 2. The van der Waals surface area contributed by atoms with Gasteiger partial charge < -0.3 is 33.3 Å². The Morgan fingerprint density at radius 2 is 1.77 bits per heavy atom. The maximum atomic E-state index is 12.8. The van der Waals surface area contributed by atoms with Gasteiger partial charge in [-0.1, -0.05) is 0 Å². The van der Waals surface area contributed by atoms with Gasteiger partial charge in [-0.3, -0.25) is 9.59 Å². The van der Waals surface area contributed by atoms with Crippen molar-refractivity contribution in [2.45, 2.75) is 18.6 Å². The molecule has 9 nitrogen and oxygen atoms in total. The van der Waals surface area contributed by atoms with Crippen LogP contribution in [-0.2, 0) is 14.3 Å². The summed E-state index contributed by atoms with van der Waals surface area (Å²) in [6.07, 6.45) is 2.94. The minimum atomic E-state index is -0.525. The molecule has 0 atom stereocenters. The third-order valence-electron chi connectivity index (χ3n) is 6.42. The standard InChI is InChI=1S/C26H27NO8/c1-30-18-4-3-17(21(14-18)31-2)13-23-25(29)20-6-5-19(15-22(20)35-23)32-16-24(28)27-9-7-26(8-10-27)33-11-12-34-26/h3-6,13-15H,7-12,16H2,1-2H3. The van der Waals surface area contributed by atoms with Crippen molar-refractivity contribution in [1.29, 1.82) is 0 Å². The first-order chi connectivity index (χ1) is 17.0. The number of benzene rings is 2. The smallest absolute Gasteiger partial charge is 0.260 e. The first-order valence-electron chi connectivity index (χ1n) is 11.5. The quantitative estimate of drug-likeness (QED) is 0.582. The van der Waals surface area contributed by atoms with Crippen molar-refractivity contribution in [1.82, 2.24) is 4.90 Å². The van der Waals surface area contributed by atoms with Gasteiger partial charge in [0.2, 0.25) is 5.78 Å². The van der Waals surface area contributed by atoms with E-state index in [9.17, 15) is 9.59 Å². The zero-order valence-electron chi connectivity index (χ0n) is 19.7. The molecule has 5 rings (SSSR count). The largest absolute Gasteiger partial charge is 0.497 e. The lowest BCUT2D eigenvalue weighted by atomic mass is 10.0. The van der Waals surface area contributed by atoms with Crippen LogP contribution in [0.1, 0.15) is 28.8 Å². The average molecular weight is 482 g/mol. The fourth-order valence-corrected chi connectivity index (χ4v) is 4.45. The Labute approximate surface area is 203 Å². The number of carbonyl (C=O) groups excluding carboxylic acids is 2. The van der Waals surface area contributed by atoms with Gasteiger partial charge in [-0.2, -0.15) is 0 Å². The van der Waals surface area contributed by atoms with E-state index in [1.165, 1.54) is 0 Å². The van der Waals surface area contributed by atoms with E-state index in [1.807, 2.05) is 0 Å². The van der Waals surface area contributed by atoms with E-state index in [1.54, 1.807) is 61.6 Å². The molecule has 3 aliphatic heterocycles. The number of hydrogen-bond donors (Lipinski definition) is 0. The van der Waals surface area contributed by atoms with E-state index < -0.39 is 5.79 Å². The summed E-state index contributed by atoms with van der Waals surface area (Å²) >= 11 is 0. The van der Waals surface area contributed by atoms with Crippen LogP contribution in [0.4, 0.5) is 0 Å². The van der Waals surface area contributed by atoms with E-state index in [0.29, 0.717) is 73.3 Å². The van der Waals surface area contributed by atoms with Crippen molar-refractivity contribution in [3.8, 4) is 23.0 Å². The maximum absolute atomic E-state index is 12.8. The van der Waals surface area contributed by atoms with Gasteiger partial charge in [0.05, 0.1) is 33.0 Å². The number of amides is 1. The zero-order valence-corrected chi connectivity index (χ0v) is 19.7. The lowest BCUT2D eigenvalue weighted by Crippen LogP contribution is -2.48. The highest BCUT2D eigenvalue weighted by Crippen LogP contribution is 2.36. The molecule has 2 aromatic rings. The van der Waals surface area contributed by atoms with Gasteiger partial charge in [0.1, 0.15) is 23.0 Å². The number of hydrogen-bond acceptors (Lipinski definition) is 8. The van der Waals surface area contributed by atoms with E-state index in [0.717, 1.165) is 0 Å². The van der Waals surface area contributed by atoms with Crippen LogP contribution in [0, 0.1) is 0 Å². The molecule has 3 heterocycles. The molecule has 35 heavy (non-hydrogen) atoms. The Kier molecular flexibility index (Phi) is 6.36. The molecular weight excluding hydrogens is 454 g/mol. The van der Waals surface area contributed by atoms with E-state index in [-0.39, 0.29) is 24.1 Å². The predicted molar refractivity (Wildman–Crippen MR) is 125 cm³/mol. The van der Waals surface area contributed by atoms with Crippen molar-refractivity contribution in [2.24, 2.45) is 0 Å². The second-order valence-corrected chi connectivity index (χ2v) is 8.48. The summed E-state index contributed by atoms with van der Waals surface area (Å²) in [6, 6.07) is 10.2. The van der Waals surface area contributed by atoms with Crippen molar-refractivity contribution in [2.75, 3.05) is 47.1 Å². The topological polar surface area (TPSA) is 92.8 Å². The zero-order chi connectivity index (χ0) is 24.4. The van der Waals surface area contributed by atoms with E-state index in [2.05, 4.69) is 0 Å². The molecule has 184 valence electrons. The monoisotopic (exact) mass is 481 g/mol. The highest BCUT2D eigenvalue weighted by molar-refractivity contribution is 6.14. The van der Waals surface area contributed by atoms with Crippen LogP contribution in [0.3, 0.4) is 0 Å². The number of allylic oxidation sites excluding steroid dienone is 1. The Bertz CT molecular complexity index is 1160. The molecule has 0 aliphatic carbocycles. The maximum Gasteiger partial charge on any atom is 0.260 e. The van der Waals surface area contributed by atoms with Crippen LogP contribution >= 0.6 is 0 Å². The molecule has 0 saturated carbocycles. The lowest BCUT2D eigenvalue weighted by molar-refractivity contribution is -0.187. The van der Waals surface area contributed by atoms with Crippen molar-refractivity contribution in [3.05, 3.63) is 53.3 Å². The molecule has 0 radical (unpaired) electrons. The van der Waals surface area contributed by atoms with Crippen molar-refractivity contribution < 1.29 is 38.0 Å². The predicted octanol–water partition coefficient (Wildman–Crippen LogP) is 3.06. The molecule has 0 aromatic heterocycles. The summed E-state index contributed by atoms with van der Waals surface area (Å²) in [6.45, 7) is 2.22. The number of ketones is 1. The van der Waals surface area contributed by atoms with Gasteiger partial charge in [-0.15, -0.1) is 0 Å². The molecule has 0 bridgehead atoms. The molecule has 2 saturated heterocycles. The van der Waals surface area contributed by atoms with Crippen LogP contribution in [0.25, 0.3) is 6.08 Å². The number of carbonyl (C=O) groups is 2. The van der Waals surface area contributed by atoms with Crippen LogP contribution in [0.5, 0.6) is 23.0 Å². The summed E-state index contributed by atoms with van der Waals surface area (Å²) in [5, 5.41) is 0. The Morgan fingerprint density at radius 1 is 1.03 bits per heavy atom. The Hall–Kier alpha value is -3.56. The summed E-state index contributed by atoms with van der Waals surface area (Å²) < 4.78 is 33.6. The number of piperidine rings is 1. The van der Waals surface area contributed by atoms with Gasteiger partial charge in [-0.05, 0) is 30.3 Å². The lowest BCUT2D eigenvalue weighted by Gasteiger charge is -2.37. The average Bonchev–Trinajstić information content (AvgIpc) is 3.47. The van der Waals surface area contributed by atoms with E-state index in [4.69, 9.17) is 28.4 Å². The Morgan fingerprint density at radius 3 is 2.49 bits per heavy atom. The third-order valence-corrected chi connectivity index (χ3v) is 6.42. The number of fused-ring (bicyclic) bond motifs is 1. The fraction of sp³-hybridized carbons (Fsp3) is 0.385. The number of ether oxygens (including phenoxy) is 6. The van der Waals surface area contributed by atoms with Crippen molar-refractivity contribution in [3.63, 3.8) is 0 Å². The van der Waals surface area contributed by atoms with Crippen LogP contribution in [0.15, 0.2) is 42.2 Å². The van der Waals surface area contributed by atoms with Crippen LogP contribution < -0.4 is 18.9 Å². The molecule has 1 spiro atoms. The van der Waals surface area contributed by atoms with E-state index >= 15 is 0 Å². The van der Waals surface area contributed by atoms with Crippen LogP contribution in [0.2, 0.25) is 0 Å². The van der Waals surface area contributed by atoms with Gasteiger partial charge in [0, 0.05) is 43.6 Å². The molecule has 2 fully saturated rings. The number of Topliss-reactive ketones (excluding diaryl/α,β-unsaturated/α-hetero) is 1. The third kappa shape index (κ3) is 4.69. The number of likely N-dealkylation sites (tertiary alicyclic amines) is 1. The van der Waals surface area contributed by atoms with Gasteiger partial charge >= 0.3 is 0 Å². The fourth-order valence-electron chi connectivity index (χ4n) is 4.45. The summed E-state index contributed by atoms with van der Waals surface area (Å²) in [5.41, 5.74) is 1.11. The highest BCUT2D eigenvalue weighted by Gasteiger charge is 2.40. The molecule has 0 unspecified atom stereocenters. The van der Waals surface area contributed by atoms with Gasteiger partial charge in [0.25, 0.3) is 5.91 Å². The van der Waals surface area contributed by atoms with Gasteiger partial charge in [-0.25, -0.2) is 0 Å². The molecule has 3 aliphatic rings. The SMILES string of the molecule is COc1ccc(C=C2Oc3cc(OCC(=O)N4CCC5(CC4)OCCO5)ccc3C2=O)c(OC)c1. The summed E-state index contributed by atoms with van der Waals surface area (Å²) in [4.78, 5) is 27.2. The highest BCUT2D eigenvalue weighted by atomic mass is 16.7. The molecular formula is C26H27NO8. The minimum absolute atomic E-state index is 0.104. The summed E-state index contributed by atoms with van der Waals surface area (Å²) in [5.74, 6) is 1.34. The molecule has 0 N–H and O–H groups in total. The first-order valence-corrected chi connectivity index (χ1v) is 11.5. The Balaban J connectivity index is 1.22. The van der Waals surface area contributed by atoms with Crippen molar-refractivity contribution >= 4 is 17.8 Å². The molecule has 9 heteroatoms. The summed E-state index contributed by atoms with van der Waals surface area (Å²) in [7, 11) is 3.12. The first kappa shape index (κ1) is 23.2. The molecule has 1 amide bonds. The van der Waals surface area contributed by atoms with Gasteiger partial charge in [0.15, 0.2) is 18.2 Å². The van der Waals surface area contributed by atoms with Crippen LogP contribution in [-0.4, -0.2) is 69.5 Å². The number of nitrogens with zero attached hydrogens (tertiary/aromatic N) is 1. The minimum Gasteiger partial charge on any atom is -0.497 e. The second kappa shape index (κ2) is 9.59. The normalized spacial score (nSPS) is 19.5. The number of rotatable bonds is 6.